The van der Waals surface area contributed by atoms with E-state index in [-0.39, 0.29) is 5.84 Å². The molecular weight excluding hydrogens is 236 g/mol. The molecule has 104 valence electrons. The molecule has 2 rings (SSSR count). The average Bonchev–Trinajstić information content (AvgIpc) is 2.89. The number of hydrogen-bond donors (Lipinski definition) is 2. The highest BCUT2D eigenvalue weighted by Gasteiger charge is 2.23. The van der Waals surface area contributed by atoms with Crippen LogP contribution in [0.15, 0.2) is 18.3 Å². The van der Waals surface area contributed by atoms with Gasteiger partial charge >= 0.3 is 0 Å². The molecule has 0 amide bonds. The second-order valence-corrected chi connectivity index (χ2v) is 5.80. The van der Waals surface area contributed by atoms with E-state index >= 15 is 0 Å². The molecule has 0 spiro atoms. The Morgan fingerprint density at radius 3 is 2.74 bits per heavy atom. The van der Waals surface area contributed by atoms with Gasteiger partial charge in [-0.15, -0.1) is 0 Å². The van der Waals surface area contributed by atoms with Crippen molar-refractivity contribution in [1.82, 2.24) is 4.98 Å². The second kappa shape index (κ2) is 6.04. The molecule has 19 heavy (non-hydrogen) atoms. The first-order chi connectivity index (χ1) is 9.08. The van der Waals surface area contributed by atoms with Crippen LogP contribution in [0.2, 0.25) is 0 Å². The number of nitrogen functional groups attached to an aromatic ring is 1. The normalized spacial score (nSPS) is 15.9. The number of hydrogen-bond acceptors (Lipinski definition) is 3. The van der Waals surface area contributed by atoms with Gasteiger partial charge in [0.1, 0.15) is 11.5 Å². The maximum absolute atomic E-state index is 7.52. The fraction of sp³-hybridized carbons (Fsp3) is 0.600. The van der Waals surface area contributed by atoms with Crippen molar-refractivity contribution in [3.05, 3.63) is 24.0 Å². The van der Waals surface area contributed by atoms with Crippen molar-refractivity contribution in [2.24, 2.45) is 11.7 Å². The third kappa shape index (κ3) is 3.46. The van der Waals surface area contributed by atoms with Crippen molar-refractivity contribution in [3.8, 4) is 0 Å². The zero-order chi connectivity index (χ0) is 13.8. The topological polar surface area (TPSA) is 66.0 Å². The van der Waals surface area contributed by atoms with Gasteiger partial charge in [0.15, 0.2) is 0 Å². The number of nitrogens with one attached hydrogen (secondary N) is 1. The van der Waals surface area contributed by atoms with Gasteiger partial charge in [-0.05, 0) is 30.9 Å². The zero-order valence-corrected chi connectivity index (χ0v) is 11.9. The van der Waals surface area contributed by atoms with E-state index in [9.17, 15) is 0 Å². The van der Waals surface area contributed by atoms with Gasteiger partial charge in [0, 0.05) is 24.5 Å². The third-order valence-corrected chi connectivity index (χ3v) is 3.68. The lowest BCUT2D eigenvalue weighted by Crippen LogP contribution is -2.36. The quantitative estimate of drug-likeness (QED) is 0.632. The number of nitrogens with zero attached hydrogens (tertiary/aromatic N) is 2. The maximum atomic E-state index is 7.52. The summed E-state index contributed by atoms with van der Waals surface area (Å²) in [5.41, 5.74) is 7.27. The smallest absolute Gasteiger partial charge is 0.141 e. The Morgan fingerprint density at radius 2 is 2.16 bits per heavy atom. The Kier molecular flexibility index (Phi) is 4.40. The predicted octanol–water partition coefficient (Wildman–Crippen LogP) is 2.77. The summed E-state index contributed by atoms with van der Waals surface area (Å²) in [7, 11) is 0. The lowest BCUT2D eigenvalue weighted by molar-refractivity contribution is 0.535. The van der Waals surface area contributed by atoms with Gasteiger partial charge in [0.05, 0.1) is 0 Å². The summed E-state index contributed by atoms with van der Waals surface area (Å²) in [6, 6.07) is 4.61. The van der Waals surface area contributed by atoms with E-state index in [4.69, 9.17) is 11.1 Å². The molecule has 1 heterocycles. The third-order valence-electron chi connectivity index (χ3n) is 3.68. The van der Waals surface area contributed by atoms with Crippen LogP contribution in [0.1, 0.15) is 45.2 Å². The van der Waals surface area contributed by atoms with Crippen molar-refractivity contribution in [1.29, 1.82) is 5.41 Å². The molecule has 0 aromatic carbocycles. The minimum atomic E-state index is 0.0396. The van der Waals surface area contributed by atoms with Gasteiger partial charge in [-0.2, -0.15) is 0 Å². The lowest BCUT2D eigenvalue weighted by atomic mass is 10.1. The van der Waals surface area contributed by atoms with Gasteiger partial charge in [-0.25, -0.2) is 0 Å². The van der Waals surface area contributed by atoms with Crippen LogP contribution in [0.5, 0.6) is 0 Å². The van der Waals surface area contributed by atoms with Crippen molar-refractivity contribution in [2.45, 2.75) is 45.6 Å². The minimum absolute atomic E-state index is 0.0396. The van der Waals surface area contributed by atoms with Crippen LogP contribution in [0.25, 0.3) is 0 Å². The molecule has 0 radical (unpaired) electrons. The summed E-state index contributed by atoms with van der Waals surface area (Å²) < 4.78 is 0. The first kappa shape index (κ1) is 13.8. The van der Waals surface area contributed by atoms with Gasteiger partial charge in [-0.3, -0.25) is 10.4 Å². The summed E-state index contributed by atoms with van der Waals surface area (Å²) in [5, 5.41) is 7.52. The minimum Gasteiger partial charge on any atom is -0.382 e. The van der Waals surface area contributed by atoms with Gasteiger partial charge in [0.2, 0.25) is 0 Å². The SMILES string of the molecule is CC(C)CN(c1ccnc(C(=N)N)c1)C1CCCC1. The Morgan fingerprint density at radius 1 is 1.47 bits per heavy atom. The second-order valence-electron chi connectivity index (χ2n) is 5.80. The van der Waals surface area contributed by atoms with E-state index in [2.05, 4.69) is 23.7 Å². The molecule has 0 bridgehead atoms. The predicted molar refractivity (Wildman–Crippen MR) is 79.7 cm³/mol. The fourth-order valence-electron chi connectivity index (χ4n) is 2.82. The van der Waals surface area contributed by atoms with Crippen LogP contribution in [-0.2, 0) is 0 Å². The highest BCUT2D eigenvalue weighted by atomic mass is 15.2. The molecule has 1 aliphatic rings. The van der Waals surface area contributed by atoms with E-state index < -0.39 is 0 Å². The molecule has 0 aliphatic heterocycles. The molecule has 1 saturated carbocycles. The Hall–Kier alpha value is -1.58. The zero-order valence-electron chi connectivity index (χ0n) is 11.9. The van der Waals surface area contributed by atoms with Gasteiger partial charge in [0.25, 0.3) is 0 Å². The fourth-order valence-corrected chi connectivity index (χ4v) is 2.82. The molecule has 0 atom stereocenters. The molecule has 4 heteroatoms. The highest BCUT2D eigenvalue weighted by molar-refractivity contribution is 5.93. The van der Waals surface area contributed by atoms with E-state index in [1.54, 1.807) is 6.20 Å². The van der Waals surface area contributed by atoms with Crippen LogP contribution in [0.3, 0.4) is 0 Å². The Labute approximate surface area is 115 Å². The van der Waals surface area contributed by atoms with Crippen LogP contribution < -0.4 is 10.6 Å². The molecular formula is C15H24N4. The van der Waals surface area contributed by atoms with Crippen LogP contribution in [0.4, 0.5) is 5.69 Å². The van der Waals surface area contributed by atoms with E-state index in [1.807, 2.05) is 12.1 Å². The van der Waals surface area contributed by atoms with Crippen LogP contribution in [-0.4, -0.2) is 23.4 Å². The Bertz CT molecular complexity index is 436. The average molecular weight is 260 g/mol. The number of pyridine rings is 1. The van der Waals surface area contributed by atoms with Gasteiger partial charge < -0.3 is 10.6 Å². The molecule has 1 aromatic heterocycles. The maximum Gasteiger partial charge on any atom is 0.141 e. The highest BCUT2D eigenvalue weighted by Crippen LogP contribution is 2.29. The molecule has 1 aliphatic carbocycles. The van der Waals surface area contributed by atoms with Crippen molar-refractivity contribution in [2.75, 3.05) is 11.4 Å². The number of nitrogens with two attached hydrogens (primary N) is 1. The molecule has 1 aromatic rings. The standard InChI is InChI=1S/C15H24N4/c1-11(2)10-19(12-5-3-4-6-12)13-7-8-18-14(9-13)15(16)17/h7-9,11-12H,3-6,10H2,1-2H3,(H3,16,17). The monoisotopic (exact) mass is 260 g/mol. The number of aromatic nitrogens is 1. The van der Waals surface area contributed by atoms with Gasteiger partial charge in [-0.1, -0.05) is 26.7 Å². The molecule has 0 saturated heterocycles. The molecule has 0 unspecified atom stereocenters. The molecule has 4 nitrogen and oxygen atoms in total. The number of anilines is 1. The van der Waals surface area contributed by atoms with Crippen LogP contribution >= 0.6 is 0 Å². The first-order valence-corrected chi connectivity index (χ1v) is 7.15. The van der Waals surface area contributed by atoms with Crippen molar-refractivity contribution in [3.63, 3.8) is 0 Å². The first-order valence-electron chi connectivity index (χ1n) is 7.15. The van der Waals surface area contributed by atoms with E-state index in [1.165, 1.54) is 25.7 Å². The number of rotatable bonds is 5. The van der Waals surface area contributed by atoms with Crippen molar-refractivity contribution < 1.29 is 0 Å². The summed E-state index contributed by atoms with van der Waals surface area (Å²) in [6.07, 6.45) is 6.94. The van der Waals surface area contributed by atoms with Crippen LogP contribution in [0, 0.1) is 11.3 Å². The molecule has 1 fully saturated rings. The largest absolute Gasteiger partial charge is 0.382 e. The van der Waals surface area contributed by atoms with Crippen molar-refractivity contribution >= 4 is 11.5 Å². The summed E-state index contributed by atoms with van der Waals surface area (Å²) in [5.74, 6) is 0.660. The summed E-state index contributed by atoms with van der Waals surface area (Å²) >= 11 is 0. The van der Waals surface area contributed by atoms with E-state index in [0.717, 1.165) is 12.2 Å². The number of amidine groups is 1. The molecule has 3 N–H and O–H groups in total. The summed E-state index contributed by atoms with van der Waals surface area (Å²) in [4.78, 5) is 6.63. The summed E-state index contributed by atoms with van der Waals surface area (Å²) in [6.45, 7) is 5.54. The van der Waals surface area contributed by atoms with E-state index in [0.29, 0.717) is 17.7 Å². The lowest BCUT2D eigenvalue weighted by Gasteiger charge is -2.33. The Balaban J connectivity index is 2.25.